The minimum absolute atomic E-state index is 0.106. The SMILES string of the molecule is Cn1c(C(C#N)=C(O)COc2ccc3ccccc3c2)nc2ccccc21. The molecule has 0 aliphatic carbocycles. The van der Waals surface area contributed by atoms with Crippen molar-refractivity contribution in [3.63, 3.8) is 0 Å². The number of aryl methyl sites for hydroxylation is 1. The van der Waals surface area contributed by atoms with Crippen LogP contribution in [-0.2, 0) is 7.05 Å². The van der Waals surface area contributed by atoms with Crippen molar-refractivity contribution < 1.29 is 9.84 Å². The first-order chi connectivity index (χ1) is 13.2. The first-order valence-corrected chi connectivity index (χ1v) is 8.53. The molecule has 0 bridgehead atoms. The van der Waals surface area contributed by atoms with Crippen molar-refractivity contribution >= 4 is 27.4 Å². The van der Waals surface area contributed by atoms with Crippen molar-refractivity contribution in [2.75, 3.05) is 6.61 Å². The monoisotopic (exact) mass is 355 g/mol. The number of nitriles is 1. The number of imidazole rings is 1. The summed E-state index contributed by atoms with van der Waals surface area (Å²) < 4.78 is 7.49. The third-order valence-corrected chi connectivity index (χ3v) is 4.51. The predicted octanol–water partition coefficient (Wildman–Crippen LogP) is 4.60. The van der Waals surface area contributed by atoms with E-state index in [2.05, 4.69) is 11.1 Å². The Labute approximate surface area is 156 Å². The van der Waals surface area contributed by atoms with Crippen molar-refractivity contribution in [2.24, 2.45) is 7.05 Å². The molecule has 0 aliphatic rings. The largest absolute Gasteiger partial charge is 0.507 e. The van der Waals surface area contributed by atoms with E-state index in [1.165, 1.54) is 0 Å². The first-order valence-electron chi connectivity index (χ1n) is 8.53. The van der Waals surface area contributed by atoms with Crippen LogP contribution in [-0.4, -0.2) is 21.3 Å². The number of ether oxygens (including phenoxy) is 1. The van der Waals surface area contributed by atoms with Crippen LogP contribution in [0.3, 0.4) is 0 Å². The fourth-order valence-electron chi connectivity index (χ4n) is 3.09. The van der Waals surface area contributed by atoms with Gasteiger partial charge >= 0.3 is 0 Å². The van der Waals surface area contributed by atoms with E-state index in [1.54, 1.807) is 4.57 Å². The molecule has 0 saturated carbocycles. The van der Waals surface area contributed by atoms with Gasteiger partial charge in [0.2, 0.25) is 0 Å². The average Bonchev–Trinajstić information content (AvgIpc) is 3.03. The van der Waals surface area contributed by atoms with Crippen LogP contribution in [0, 0.1) is 11.3 Å². The van der Waals surface area contributed by atoms with Crippen molar-refractivity contribution in [3.8, 4) is 11.8 Å². The Balaban J connectivity index is 1.63. The first kappa shape index (κ1) is 16.7. The minimum atomic E-state index is -0.149. The van der Waals surface area contributed by atoms with Gasteiger partial charge in [-0.15, -0.1) is 0 Å². The fourth-order valence-corrected chi connectivity index (χ4v) is 3.09. The maximum Gasteiger partial charge on any atom is 0.155 e. The van der Waals surface area contributed by atoms with Crippen LogP contribution in [0.5, 0.6) is 5.75 Å². The highest BCUT2D eigenvalue weighted by Crippen LogP contribution is 2.24. The van der Waals surface area contributed by atoms with Gasteiger partial charge in [0, 0.05) is 7.05 Å². The highest BCUT2D eigenvalue weighted by molar-refractivity contribution is 5.84. The number of para-hydroxylation sites is 2. The Hall–Kier alpha value is -3.78. The molecule has 27 heavy (non-hydrogen) atoms. The lowest BCUT2D eigenvalue weighted by Crippen LogP contribution is -2.06. The van der Waals surface area contributed by atoms with Gasteiger partial charge in [0.05, 0.1) is 11.0 Å². The summed E-state index contributed by atoms with van der Waals surface area (Å²) in [6, 6.07) is 23.3. The maximum absolute atomic E-state index is 10.5. The zero-order valence-corrected chi connectivity index (χ0v) is 14.8. The molecule has 0 amide bonds. The predicted molar refractivity (Wildman–Crippen MR) is 105 cm³/mol. The van der Waals surface area contributed by atoms with Crippen molar-refractivity contribution in [1.29, 1.82) is 5.26 Å². The molecule has 3 aromatic carbocycles. The van der Waals surface area contributed by atoms with E-state index in [-0.39, 0.29) is 17.9 Å². The molecule has 5 nitrogen and oxygen atoms in total. The maximum atomic E-state index is 10.5. The fraction of sp³-hybridized carbons (Fsp3) is 0.0909. The summed E-state index contributed by atoms with van der Waals surface area (Å²) in [4.78, 5) is 4.47. The molecule has 0 spiro atoms. The second-order valence-corrected chi connectivity index (χ2v) is 6.21. The van der Waals surface area contributed by atoms with Crippen molar-refractivity contribution in [1.82, 2.24) is 9.55 Å². The lowest BCUT2D eigenvalue weighted by Gasteiger charge is -2.09. The molecular weight excluding hydrogens is 338 g/mol. The van der Waals surface area contributed by atoms with E-state index >= 15 is 0 Å². The quantitative estimate of drug-likeness (QED) is 0.429. The van der Waals surface area contributed by atoms with Crippen LogP contribution < -0.4 is 4.74 Å². The van der Waals surface area contributed by atoms with Crippen LogP contribution in [0.1, 0.15) is 5.82 Å². The highest BCUT2D eigenvalue weighted by Gasteiger charge is 2.16. The van der Waals surface area contributed by atoms with E-state index in [4.69, 9.17) is 4.74 Å². The van der Waals surface area contributed by atoms with Crippen LogP contribution >= 0.6 is 0 Å². The number of nitrogens with zero attached hydrogens (tertiary/aromatic N) is 3. The normalized spacial score (nSPS) is 12.0. The van der Waals surface area contributed by atoms with E-state index in [0.29, 0.717) is 11.6 Å². The number of fused-ring (bicyclic) bond motifs is 2. The number of hydrogen-bond acceptors (Lipinski definition) is 4. The standard InChI is InChI=1S/C22H17N3O2/c1-25-20-9-5-4-8-19(20)24-22(25)18(13-23)21(26)14-27-17-11-10-15-6-2-3-7-16(15)12-17/h2-12,26H,14H2,1H3. The molecule has 4 aromatic rings. The lowest BCUT2D eigenvalue weighted by atomic mass is 10.1. The van der Waals surface area contributed by atoms with Crippen LogP contribution in [0.15, 0.2) is 72.5 Å². The van der Waals surface area contributed by atoms with Gasteiger partial charge in [0.15, 0.2) is 11.6 Å². The molecule has 1 N–H and O–H groups in total. The second kappa shape index (κ2) is 6.85. The Morgan fingerprint density at radius 1 is 1.07 bits per heavy atom. The van der Waals surface area contributed by atoms with Crippen LogP contribution in [0.25, 0.3) is 27.4 Å². The molecule has 0 saturated heterocycles. The molecule has 5 heteroatoms. The smallest absolute Gasteiger partial charge is 0.155 e. The Bertz CT molecular complexity index is 1220. The van der Waals surface area contributed by atoms with E-state index in [1.807, 2.05) is 73.8 Å². The number of rotatable bonds is 4. The molecular formula is C22H17N3O2. The summed E-state index contributed by atoms with van der Waals surface area (Å²) in [5, 5.41) is 22.2. The van der Waals surface area contributed by atoms with Gasteiger partial charge in [-0.3, -0.25) is 0 Å². The molecule has 1 aromatic heterocycles. The second-order valence-electron chi connectivity index (χ2n) is 6.21. The zero-order chi connectivity index (χ0) is 18.8. The van der Waals surface area contributed by atoms with Gasteiger partial charge in [0.25, 0.3) is 0 Å². The van der Waals surface area contributed by atoms with E-state index in [0.717, 1.165) is 21.8 Å². The molecule has 0 unspecified atom stereocenters. The third kappa shape index (κ3) is 3.09. The highest BCUT2D eigenvalue weighted by atomic mass is 16.5. The Morgan fingerprint density at radius 2 is 1.81 bits per heavy atom. The van der Waals surface area contributed by atoms with E-state index in [9.17, 15) is 10.4 Å². The molecule has 0 aliphatic heterocycles. The van der Waals surface area contributed by atoms with Crippen molar-refractivity contribution in [2.45, 2.75) is 0 Å². The summed E-state index contributed by atoms with van der Waals surface area (Å²) in [6.45, 7) is -0.107. The third-order valence-electron chi connectivity index (χ3n) is 4.51. The molecule has 132 valence electrons. The van der Waals surface area contributed by atoms with Gasteiger partial charge in [-0.2, -0.15) is 5.26 Å². The number of aliphatic hydroxyl groups excluding tert-OH is 1. The van der Waals surface area contributed by atoms with Gasteiger partial charge in [-0.25, -0.2) is 4.98 Å². The molecule has 1 heterocycles. The average molecular weight is 355 g/mol. The van der Waals surface area contributed by atoms with Crippen LogP contribution in [0.4, 0.5) is 0 Å². The molecule has 0 fully saturated rings. The minimum Gasteiger partial charge on any atom is -0.507 e. The van der Waals surface area contributed by atoms with Crippen LogP contribution in [0.2, 0.25) is 0 Å². The zero-order valence-electron chi connectivity index (χ0n) is 14.8. The number of benzene rings is 3. The summed E-state index contributed by atoms with van der Waals surface area (Å²) in [5.41, 5.74) is 1.77. The number of hydrogen-bond donors (Lipinski definition) is 1. The summed E-state index contributed by atoms with van der Waals surface area (Å²) in [7, 11) is 1.82. The number of aliphatic hydroxyl groups is 1. The van der Waals surface area contributed by atoms with Gasteiger partial charge in [0.1, 0.15) is 24.0 Å². The Kier molecular flexibility index (Phi) is 4.23. The summed E-state index contributed by atoms with van der Waals surface area (Å²) in [6.07, 6.45) is 0. The molecule has 0 atom stereocenters. The van der Waals surface area contributed by atoms with Gasteiger partial charge in [-0.05, 0) is 35.0 Å². The number of aromatic nitrogens is 2. The Morgan fingerprint density at radius 3 is 2.59 bits per heavy atom. The lowest BCUT2D eigenvalue weighted by molar-refractivity contribution is 0.273. The van der Waals surface area contributed by atoms with Crippen molar-refractivity contribution in [3.05, 3.63) is 78.3 Å². The topological polar surface area (TPSA) is 71.1 Å². The van der Waals surface area contributed by atoms with Gasteiger partial charge < -0.3 is 14.4 Å². The summed E-state index contributed by atoms with van der Waals surface area (Å²) in [5.74, 6) is 0.893. The molecule has 0 radical (unpaired) electrons. The van der Waals surface area contributed by atoms with E-state index < -0.39 is 0 Å². The summed E-state index contributed by atoms with van der Waals surface area (Å²) >= 11 is 0. The van der Waals surface area contributed by atoms with Gasteiger partial charge in [-0.1, -0.05) is 42.5 Å². The molecule has 4 rings (SSSR count). The number of allylic oxidation sites excluding steroid dienone is 1.